The van der Waals surface area contributed by atoms with Gasteiger partial charge in [-0.2, -0.15) is 0 Å². The largest absolute Gasteiger partial charge is 0.368 e. The highest BCUT2D eigenvalue weighted by Gasteiger charge is 2.27. The number of carbonyl (C=O) groups excluding carboxylic acids is 1. The lowest BCUT2D eigenvalue weighted by Crippen LogP contribution is -2.51. The second-order valence-corrected chi connectivity index (χ2v) is 3.76. The maximum absolute atomic E-state index is 11.1. The number of carbonyl (C=O) groups is 1. The van der Waals surface area contributed by atoms with Crippen molar-refractivity contribution in [3.8, 4) is 0 Å². The molecule has 78 valence electrons. The van der Waals surface area contributed by atoms with Crippen LogP contribution in [0.5, 0.6) is 0 Å². The Balaban J connectivity index is 3.78. The third-order valence-corrected chi connectivity index (χ3v) is 2.63. The third-order valence-electron chi connectivity index (χ3n) is 2.63. The average Bonchev–Trinajstić information content (AvgIpc) is 2.12. The lowest BCUT2D eigenvalue weighted by atomic mass is 9.93. The quantitative estimate of drug-likeness (QED) is 0.591. The van der Waals surface area contributed by atoms with Crippen LogP contribution in [0.4, 0.5) is 0 Å². The molecule has 3 N–H and O–H groups in total. The van der Waals surface area contributed by atoms with Crippen LogP contribution in [0, 0.1) is 0 Å². The van der Waals surface area contributed by atoms with Gasteiger partial charge in [0.25, 0.3) is 0 Å². The first-order chi connectivity index (χ1) is 6.06. The van der Waals surface area contributed by atoms with Crippen LogP contribution in [-0.2, 0) is 4.79 Å². The van der Waals surface area contributed by atoms with Gasteiger partial charge < -0.3 is 11.1 Å². The van der Waals surface area contributed by atoms with Crippen molar-refractivity contribution in [1.82, 2.24) is 5.32 Å². The van der Waals surface area contributed by atoms with E-state index in [1.807, 2.05) is 6.92 Å². The SMILES string of the molecule is CCCCCCC(C)(NC)C(N)=O. The molecule has 1 unspecified atom stereocenters. The molecule has 0 aliphatic rings. The Labute approximate surface area is 81.1 Å². The first kappa shape index (κ1) is 12.4. The van der Waals surface area contributed by atoms with Crippen LogP contribution in [0.3, 0.4) is 0 Å². The summed E-state index contributed by atoms with van der Waals surface area (Å²) in [6, 6.07) is 0. The molecule has 0 saturated heterocycles. The minimum atomic E-state index is -0.520. The standard InChI is InChI=1S/C10H22N2O/c1-4-5-6-7-8-10(2,12-3)9(11)13/h12H,4-8H2,1-3H3,(H2,11,13). The van der Waals surface area contributed by atoms with E-state index in [4.69, 9.17) is 5.73 Å². The Hall–Kier alpha value is -0.570. The van der Waals surface area contributed by atoms with Crippen molar-refractivity contribution in [2.24, 2.45) is 5.73 Å². The van der Waals surface area contributed by atoms with Crippen LogP contribution in [0.1, 0.15) is 46.0 Å². The molecule has 3 heteroatoms. The first-order valence-electron chi connectivity index (χ1n) is 5.05. The van der Waals surface area contributed by atoms with Gasteiger partial charge in [0.05, 0.1) is 5.54 Å². The second kappa shape index (κ2) is 5.97. The van der Waals surface area contributed by atoms with E-state index >= 15 is 0 Å². The molecule has 1 amide bonds. The molecule has 0 heterocycles. The lowest BCUT2D eigenvalue weighted by Gasteiger charge is -2.25. The highest BCUT2D eigenvalue weighted by Crippen LogP contribution is 2.14. The van der Waals surface area contributed by atoms with E-state index < -0.39 is 5.54 Å². The van der Waals surface area contributed by atoms with Crippen molar-refractivity contribution in [1.29, 1.82) is 0 Å². The van der Waals surface area contributed by atoms with Gasteiger partial charge in [0, 0.05) is 0 Å². The zero-order chi connectivity index (χ0) is 10.3. The molecule has 13 heavy (non-hydrogen) atoms. The van der Waals surface area contributed by atoms with Crippen molar-refractivity contribution in [2.75, 3.05) is 7.05 Å². The van der Waals surface area contributed by atoms with Crippen molar-refractivity contribution in [2.45, 2.75) is 51.5 Å². The zero-order valence-electron chi connectivity index (χ0n) is 9.02. The molecule has 0 aliphatic carbocycles. The van der Waals surface area contributed by atoms with Gasteiger partial charge in [-0.3, -0.25) is 4.79 Å². The van der Waals surface area contributed by atoms with E-state index in [0.29, 0.717) is 0 Å². The minimum absolute atomic E-state index is 0.258. The molecule has 0 aromatic rings. The molecule has 1 atom stereocenters. The Kier molecular flexibility index (Phi) is 5.71. The molecular weight excluding hydrogens is 164 g/mol. The molecule has 0 fully saturated rings. The summed E-state index contributed by atoms with van der Waals surface area (Å²) in [5, 5.41) is 2.98. The number of nitrogens with two attached hydrogens (primary N) is 1. The van der Waals surface area contributed by atoms with Crippen LogP contribution in [0.15, 0.2) is 0 Å². The van der Waals surface area contributed by atoms with Crippen LogP contribution in [0.2, 0.25) is 0 Å². The summed E-state index contributed by atoms with van der Waals surface area (Å²) >= 11 is 0. The molecule has 3 nitrogen and oxygen atoms in total. The van der Waals surface area contributed by atoms with Gasteiger partial charge in [-0.25, -0.2) is 0 Å². The minimum Gasteiger partial charge on any atom is -0.368 e. The fourth-order valence-electron chi connectivity index (χ4n) is 1.28. The molecule has 0 radical (unpaired) electrons. The van der Waals surface area contributed by atoms with Gasteiger partial charge in [0.2, 0.25) is 5.91 Å². The topological polar surface area (TPSA) is 55.1 Å². The van der Waals surface area contributed by atoms with Gasteiger partial charge in [0.1, 0.15) is 0 Å². The van der Waals surface area contributed by atoms with Crippen molar-refractivity contribution >= 4 is 5.91 Å². The van der Waals surface area contributed by atoms with Crippen molar-refractivity contribution in [3.63, 3.8) is 0 Å². The number of likely N-dealkylation sites (N-methyl/N-ethyl adjacent to an activating group) is 1. The van der Waals surface area contributed by atoms with E-state index in [1.165, 1.54) is 19.3 Å². The monoisotopic (exact) mass is 186 g/mol. The predicted octanol–water partition coefficient (Wildman–Crippen LogP) is 1.42. The number of hydrogen-bond donors (Lipinski definition) is 2. The highest BCUT2D eigenvalue weighted by atomic mass is 16.1. The predicted molar refractivity (Wildman–Crippen MR) is 55.4 cm³/mol. The van der Waals surface area contributed by atoms with Crippen molar-refractivity contribution < 1.29 is 4.79 Å². The Bertz CT molecular complexity index is 159. The number of hydrogen-bond acceptors (Lipinski definition) is 2. The number of primary amides is 1. The van der Waals surface area contributed by atoms with Crippen LogP contribution < -0.4 is 11.1 Å². The molecule has 0 spiro atoms. The third kappa shape index (κ3) is 4.27. The number of nitrogens with one attached hydrogen (secondary N) is 1. The second-order valence-electron chi connectivity index (χ2n) is 3.76. The number of rotatable bonds is 7. The van der Waals surface area contributed by atoms with Gasteiger partial charge in [-0.05, 0) is 20.4 Å². The average molecular weight is 186 g/mol. The molecule has 0 aromatic heterocycles. The Morgan fingerprint density at radius 2 is 2.00 bits per heavy atom. The summed E-state index contributed by atoms with van der Waals surface area (Å²) in [6.07, 6.45) is 5.53. The zero-order valence-corrected chi connectivity index (χ0v) is 9.02. The summed E-state index contributed by atoms with van der Waals surface area (Å²) in [7, 11) is 1.78. The van der Waals surface area contributed by atoms with Gasteiger partial charge >= 0.3 is 0 Å². The summed E-state index contributed by atoms with van der Waals surface area (Å²) in [6.45, 7) is 4.03. The summed E-state index contributed by atoms with van der Waals surface area (Å²) in [4.78, 5) is 11.1. The molecule has 0 aromatic carbocycles. The van der Waals surface area contributed by atoms with E-state index in [-0.39, 0.29) is 5.91 Å². The molecular formula is C10H22N2O. The number of unbranched alkanes of at least 4 members (excludes halogenated alkanes) is 3. The van der Waals surface area contributed by atoms with E-state index in [0.717, 1.165) is 12.8 Å². The summed E-state index contributed by atoms with van der Waals surface area (Å²) in [5.74, 6) is -0.258. The smallest absolute Gasteiger partial charge is 0.237 e. The van der Waals surface area contributed by atoms with E-state index in [9.17, 15) is 4.79 Å². The fourth-order valence-corrected chi connectivity index (χ4v) is 1.28. The molecule has 0 saturated carbocycles. The first-order valence-corrected chi connectivity index (χ1v) is 5.05. The molecule has 0 rings (SSSR count). The summed E-state index contributed by atoms with van der Waals surface area (Å²) in [5.41, 5.74) is 4.77. The maximum atomic E-state index is 11.1. The fraction of sp³-hybridized carbons (Fsp3) is 0.900. The summed E-state index contributed by atoms with van der Waals surface area (Å²) < 4.78 is 0. The van der Waals surface area contributed by atoms with E-state index in [2.05, 4.69) is 12.2 Å². The van der Waals surface area contributed by atoms with Gasteiger partial charge in [0.15, 0.2) is 0 Å². The van der Waals surface area contributed by atoms with Crippen LogP contribution >= 0.6 is 0 Å². The molecule has 0 aliphatic heterocycles. The molecule has 0 bridgehead atoms. The lowest BCUT2D eigenvalue weighted by molar-refractivity contribution is -0.123. The maximum Gasteiger partial charge on any atom is 0.237 e. The van der Waals surface area contributed by atoms with Gasteiger partial charge in [-0.1, -0.05) is 32.6 Å². The number of amides is 1. The van der Waals surface area contributed by atoms with E-state index in [1.54, 1.807) is 7.05 Å². The van der Waals surface area contributed by atoms with Gasteiger partial charge in [-0.15, -0.1) is 0 Å². The Morgan fingerprint density at radius 1 is 1.38 bits per heavy atom. The highest BCUT2D eigenvalue weighted by molar-refractivity contribution is 5.84. The van der Waals surface area contributed by atoms with Crippen molar-refractivity contribution in [3.05, 3.63) is 0 Å². The normalized spacial score (nSPS) is 15.3. The van der Waals surface area contributed by atoms with Crippen LogP contribution in [-0.4, -0.2) is 18.5 Å². The Morgan fingerprint density at radius 3 is 2.38 bits per heavy atom. The van der Waals surface area contributed by atoms with Crippen LogP contribution in [0.25, 0.3) is 0 Å².